The van der Waals surface area contributed by atoms with Crippen LogP contribution in [0.1, 0.15) is 30.9 Å². The van der Waals surface area contributed by atoms with Crippen molar-refractivity contribution in [2.45, 2.75) is 39.3 Å². The van der Waals surface area contributed by atoms with Crippen molar-refractivity contribution in [3.05, 3.63) is 59.7 Å². The number of rotatable bonds is 7. The van der Waals surface area contributed by atoms with Crippen LogP contribution in [0.15, 0.2) is 53.5 Å². The van der Waals surface area contributed by atoms with Crippen LogP contribution in [0.4, 0.5) is 5.69 Å². The fourth-order valence-electron chi connectivity index (χ4n) is 3.25. The Kier molecular flexibility index (Phi) is 9.42. The van der Waals surface area contributed by atoms with Gasteiger partial charge in [0.05, 0.1) is 6.54 Å². The molecule has 1 fully saturated rings. The zero-order valence-corrected chi connectivity index (χ0v) is 20.2. The Morgan fingerprint density at radius 1 is 1.13 bits per heavy atom. The van der Waals surface area contributed by atoms with Gasteiger partial charge in [-0.3, -0.25) is 9.79 Å². The number of nitrogens with zero attached hydrogens (tertiary/aromatic N) is 2. The van der Waals surface area contributed by atoms with Gasteiger partial charge in [-0.2, -0.15) is 0 Å². The van der Waals surface area contributed by atoms with E-state index < -0.39 is 0 Å². The maximum absolute atomic E-state index is 11.9. The maximum Gasteiger partial charge on any atom is 0.227 e. The maximum atomic E-state index is 11.9. The molecule has 0 saturated carbocycles. The zero-order valence-electron chi connectivity index (χ0n) is 17.9. The van der Waals surface area contributed by atoms with Gasteiger partial charge in [-0.25, -0.2) is 0 Å². The highest BCUT2D eigenvalue weighted by Crippen LogP contribution is 2.21. The standard InChI is InChI=1S/C23H30N4O2.HI/c1-17-6-12-21(13-7-17)29-18(2)15-25-23(24-3)26-16-19-8-10-20(11-9-19)27-14-4-5-22(27)28;/h6-13,18H,4-5,14-16H2,1-3H3,(H2,24,25,26);1H. The van der Waals surface area contributed by atoms with E-state index in [4.69, 9.17) is 4.74 Å². The van der Waals surface area contributed by atoms with E-state index in [0.29, 0.717) is 19.5 Å². The minimum Gasteiger partial charge on any atom is -0.489 e. The lowest BCUT2D eigenvalue weighted by Crippen LogP contribution is -2.41. The van der Waals surface area contributed by atoms with Gasteiger partial charge in [0.15, 0.2) is 5.96 Å². The van der Waals surface area contributed by atoms with Crippen LogP contribution >= 0.6 is 24.0 Å². The molecule has 6 nitrogen and oxygen atoms in total. The molecule has 2 N–H and O–H groups in total. The Morgan fingerprint density at radius 2 is 1.83 bits per heavy atom. The van der Waals surface area contributed by atoms with Crippen molar-refractivity contribution < 1.29 is 9.53 Å². The molecule has 1 aliphatic heterocycles. The lowest BCUT2D eigenvalue weighted by molar-refractivity contribution is -0.117. The third-order valence-corrected chi connectivity index (χ3v) is 4.92. The summed E-state index contributed by atoms with van der Waals surface area (Å²) >= 11 is 0. The SMILES string of the molecule is CN=C(NCc1ccc(N2CCCC2=O)cc1)NCC(C)Oc1ccc(C)cc1.I. The average molecular weight is 522 g/mol. The Morgan fingerprint density at radius 3 is 2.43 bits per heavy atom. The molecular weight excluding hydrogens is 491 g/mol. The number of benzene rings is 2. The number of hydrogen-bond acceptors (Lipinski definition) is 3. The molecule has 1 saturated heterocycles. The summed E-state index contributed by atoms with van der Waals surface area (Å²) in [6.45, 7) is 6.20. The monoisotopic (exact) mass is 522 g/mol. The summed E-state index contributed by atoms with van der Waals surface area (Å²) in [5.74, 6) is 1.80. The van der Waals surface area contributed by atoms with Crippen LogP contribution in [-0.2, 0) is 11.3 Å². The number of guanidine groups is 1. The number of anilines is 1. The molecule has 1 aliphatic rings. The van der Waals surface area contributed by atoms with Crippen LogP contribution in [0.3, 0.4) is 0 Å². The number of nitrogens with one attached hydrogen (secondary N) is 2. The van der Waals surface area contributed by atoms with Gasteiger partial charge in [-0.1, -0.05) is 29.8 Å². The van der Waals surface area contributed by atoms with E-state index in [-0.39, 0.29) is 36.0 Å². The van der Waals surface area contributed by atoms with E-state index in [9.17, 15) is 4.79 Å². The van der Waals surface area contributed by atoms with Crippen molar-refractivity contribution in [3.63, 3.8) is 0 Å². The van der Waals surface area contributed by atoms with Crippen LogP contribution < -0.4 is 20.3 Å². The van der Waals surface area contributed by atoms with Crippen molar-refractivity contribution in [3.8, 4) is 5.75 Å². The second-order valence-corrected chi connectivity index (χ2v) is 7.36. The second kappa shape index (κ2) is 11.8. The lowest BCUT2D eigenvalue weighted by Gasteiger charge is -2.18. The van der Waals surface area contributed by atoms with Crippen molar-refractivity contribution in [1.29, 1.82) is 0 Å². The molecule has 1 atom stereocenters. The van der Waals surface area contributed by atoms with Crippen LogP contribution in [0.25, 0.3) is 0 Å². The zero-order chi connectivity index (χ0) is 20.6. The van der Waals surface area contributed by atoms with E-state index in [0.717, 1.165) is 35.9 Å². The second-order valence-electron chi connectivity index (χ2n) is 7.36. The number of aliphatic imine (C=N–C) groups is 1. The van der Waals surface area contributed by atoms with Gasteiger partial charge in [0, 0.05) is 32.2 Å². The summed E-state index contributed by atoms with van der Waals surface area (Å²) in [7, 11) is 1.75. The minimum atomic E-state index is 0. The van der Waals surface area contributed by atoms with Crippen molar-refractivity contribution >= 4 is 41.5 Å². The van der Waals surface area contributed by atoms with E-state index in [2.05, 4.69) is 22.5 Å². The largest absolute Gasteiger partial charge is 0.489 e. The van der Waals surface area contributed by atoms with Gasteiger partial charge in [0.2, 0.25) is 5.91 Å². The van der Waals surface area contributed by atoms with E-state index >= 15 is 0 Å². The summed E-state index contributed by atoms with van der Waals surface area (Å²) in [6.07, 6.45) is 1.60. The van der Waals surface area contributed by atoms with Crippen LogP contribution in [0.2, 0.25) is 0 Å². The van der Waals surface area contributed by atoms with Crippen LogP contribution in [0, 0.1) is 6.92 Å². The molecule has 0 radical (unpaired) electrons. The Bertz CT molecular complexity index is 837. The molecule has 1 heterocycles. The summed E-state index contributed by atoms with van der Waals surface area (Å²) < 4.78 is 5.92. The van der Waals surface area contributed by atoms with Gasteiger partial charge >= 0.3 is 0 Å². The molecule has 3 rings (SSSR count). The van der Waals surface area contributed by atoms with Gasteiger partial charge in [-0.15, -0.1) is 24.0 Å². The summed E-state index contributed by atoms with van der Waals surface area (Å²) in [4.78, 5) is 18.0. The summed E-state index contributed by atoms with van der Waals surface area (Å²) in [6, 6.07) is 16.2. The van der Waals surface area contributed by atoms with Gasteiger partial charge < -0.3 is 20.3 Å². The molecule has 1 amide bonds. The predicted molar refractivity (Wildman–Crippen MR) is 133 cm³/mol. The van der Waals surface area contributed by atoms with E-state index in [1.165, 1.54) is 5.56 Å². The number of amides is 1. The molecule has 162 valence electrons. The molecule has 0 aliphatic carbocycles. The third kappa shape index (κ3) is 6.90. The molecule has 0 bridgehead atoms. The first-order valence-corrected chi connectivity index (χ1v) is 10.1. The number of ether oxygens (including phenoxy) is 1. The topological polar surface area (TPSA) is 66.0 Å². The third-order valence-electron chi connectivity index (χ3n) is 4.92. The quantitative estimate of drug-likeness (QED) is 0.329. The van der Waals surface area contributed by atoms with Crippen LogP contribution in [-0.4, -0.2) is 38.1 Å². The minimum absolute atomic E-state index is 0. The number of halogens is 1. The number of carbonyl (C=O) groups is 1. The van der Waals surface area contributed by atoms with Crippen molar-refractivity contribution in [2.75, 3.05) is 25.0 Å². The fourth-order valence-corrected chi connectivity index (χ4v) is 3.25. The normalized spacial score (nSPS) is 14.8. The molecule has 2 aromatic carbocycles. The Balaban J connectivity index is 0.00000320. The smallest absolute Gasteiger partial charge is 0.227 e. The summed E-state index contributed by atoms with van der Waals surface area (Å²) in [5.41, 5.74) is 3.32. The van der Waals surface area contributed by atoms with Gasteiger partial charge in [-0.05, 0) is 50.1 Å². The molecule has 7 heteroatoms. The fraction of sp³-hybridized carbons (Fsp3) is 0.391. The number of aryl methyl sites for hydroxylation is 1. The molecule has 1 unspecified atom stereocenters. The van der Waals surface area contributed by atoms with E-state index in [1.54, 1.807) is 7.05 Å². The molecule has 30 heavy (non-hydrogen) atoms. The highest BCUT2D eigenvalue weighted by Gasteiger charge is 2.21. The highest BCUT2D eigenvalue weighted by molar-refractivity contribution is 14.0. The average Bonchev–Trinajstić information content (AvgIpc) is 3.16. The molecular formula is C23H31IN4O2. The van der Waals surface area contributed by atoms with Gasteiger partial charge in [0.25, 0.3) is 0 Å². The first-order chi connectivity index (χ1) is 14.0. The molecule has 2 aromatic rings. The van der Waals surface area contributed by atoms with Crippen LogP contribution in [0.5, 0.6) is 5.75 Å². The lowest BCUT2D eigenvalue weighted by atomic mass is 10.2. The molecule has 0 aromatic heterocycles. The predicted octanol–water partition coefficient (Wildman–Crippen LogP) is 3.87. The van der Waals surface area contributed by atoms with Crippen molar-refractivity contribution in [1.82, 2.24) is 10.6 Å². The summed E-state index contributed by atoms with van der Waals surface area (Å²) in [5, 5.41) is 6.61. The first-order valence-electron chi connectivity index (χ1n) is 10.1. The first kappa shape index (κ1) is 24.0. The van der Waals surface area contributed by atoms with Gasteiger partial charge in [0.1, 0.15) is 11.9 Å². The van der Waals surface area contributed by atoms with Crippen molar-refractivity contribution in [2.24, 2.45) is 4.99 Å². The Labute approximate surface area is 196 Å². The number of hydrogen-bond donors (Lipinski definition) is 2. The van der Waals surface area contributed by atoms with E-state index in [1.807, 2.05) is 60.4 Å². The Hall–Kier alpha value is -2.29. The number of carbonyl (C=O) groups excluding carboxylic acids is 1. The highest BCUT2D eigenvalue weighted by atomic mass is 127. The molecule has 0 spiro atoms.